The van der Waals surface area contributed by atoms with Gasteiger partial charge in [-0.1, -0.05) is 24.3 Å². The summed E-state index contributed by atoms with van der Waals surface area (Å²) in [5.41, 5.74) is 1.04. The summed E-state index contributed by atoms with van der Waals surface area (Å²) in [6.45, 7) is 5.41. The minimum Gasteiger partial charge on any atom is -0.481 e. The Hall–Kier alpha value is -2.10. The van der Waals surface area contributed by atoms with Crippen molar-refractivity contribution in [2.45, 2.75) is 32.8 Å². The third-order valence-corrected chi connectivity index (χ3v) is 2.15. The van der Waals surface area contributed by atoms with Gasteiger partial charge in [0.15, 0.2) is 0 Å². The van der Waals surface area contributed by atoms with Crippen LogP contribution in [0.3, 0.4) is 0 Å². The number of benzene rings is 1. The highest BCUT2D eigenvalue weighted by molar-refractivity contribution is 5.87. The molecule has 0 spiro atoms. The van der Waals surface area contributed by atoms with E-state index in [9.17, 15) is 9.59 Å². The van der Waals surface area contributed by atoms with E-state index in [1.165, 1.54) is 6.08 Å². The molecular formula is C15H18O4. The maximum absolute atomic E-state index is 11.5. The average molecular weight is 262 g/mol. The molecule has 0 unspecified atom stereocenters. The van der Waals surface area contributed by atoms with Crippen molar-refractivity contribution in [1.82, 2.24) is 0 Å². The van der Waals surface area contributed by atoms with E-state index in [0.717, 1.165) is 11.1 Å². The van der Waals surface area contributed by atoms with E-state index in [1.807, 2.05) is 0 Å². The number of carbonyl (C=O) groups excluding carboxylic acids is 1. The van der Waals surface area contributed by atoms with Gasteiger partial charge in [0, 0.05) is 6.08 Å². The Morgan fingerprint density at radius 2 is 1.79 bits per heavy atom. The second-order valence-electron chi connectivity index (χ2n) is 5.18. The monoisotopic (exact) mass is 262 g/mol. The van der Waals surface area contributed by atoms with Crippen molar-refractivity contribution in [1.29, 1.82) is 0 Å². The smallest absolute Gasteiger partial charge is 0.331 e. The van der Waals surface area contributed by atoms with Crippen LogP contribution in [0.4, 0.5) is 0 Å². The number of aliphatic carboxylic acids is 1. The summed E-state index contributed by atoms with van der Waals surface area (Å²) in [6.07, 6.45) is 2.99. The maximum atomic E-state index is 11.5. The fourth-order valence-electron chi connectivity index (χ4n) is 1.42. The van der Waals surface area contributed by atoms with Gasteiger partial charge in [-0.05, 0) is 38.0 Å². The fourth-order valence-corrected chi connectivity index (χ4v) is 1.42. The number of rotatable bonds is 4. The highest BCUT2D eigenvalue weighted by Gasteiger charge is 2.13. The third kappa shape index (κ3) is 6.41. The molecular weight excluding hydrogens is 244 g/mol. The van der Waals surface area contributed by atoms with E-state index in [-0.39, 0.29) is 6.42 Å². The lowest BCUT2D eigenvalue weighted by Gasteiger charge is -2.17. The van der Waals surface area contributed by atoms with Gasteiger partial charge in [-0.25, -0.2) is 4.79 Å². The summed E-state index contributed by atoms with van der Waals surface area (Å²) >= 11 is 0. The van der Waals surface area contributed by atoms with Gasteiger partial charge in [-0.2, -0.15) is 0 Å². The second-order valence-corrected chi connectivity index (χ2v) is 5.18. The highest BCUT2D eigenvalue weighted by Crippen LogP contribution is 2.10. The molecule has 102 valence electrons. The first-order chi connectivity index (χ1) is 8.76. The van der Waals surface area contributed by atoms with Gasteiger partial charge in [0.05, 0.1) is 6.42 Å². The van der Waals surface area contributed by atoms with Crippen LogP contribution in [0.25, 0.3) is 6.08 Å². The van der Waals surface area contributed by atoms with Crippen molar-refractivity contribution in [3.63, 3.8) is 0 Å². The van der Waals surface area contributed by atoms with Crippen LogP contribution < -0.4 is 0 Å². The van der Waals surface area contributed by atoms with Crippen molar-refractivity contribution in [3.05, 3.63) is 41.5 Å². The van der Waals surface area contributed by atoms with Gasteiger partial charge in [-0.3, -0.25) is 4.79 Å². The fraction of sp³-hybridized carbons (Fsp3) is 0.333. The van der Waals surface area contributed by atoms with Crippen LogP contribution in [-0.4, -0.2) is 22.6 Å². The molecule has 4 heteroatoms. The van der Waals surface area contributed by atoms with Crippen LogP contribution in [0.2, 0.25) is 0 Å². The first-order valence-electron chi connectivity index (χ1n) is 5.98. The van der Waals surface area contributed by atoms with Crippen LogP contribution in [0.15, 0.2) is 30.3 Å². The molecule has 0 amide bonds. The average Bonchev–Trinajstić information content (AvgIpc) is 2.25. The number of carbonyl (C=O) groups is 2. The molecule has 0 bridgehead atoms. The molecule has 19 heavy (non-hydrogen) atoms. The molecule has 0 saturated heterocycles. The molecule has 1 aromatic rings. The molecule has 0 heterocycles. The summed E-state index contributed by atoms with van der Waals surface area (Å²) in [5, 5.41) is 8.65. The molecule has 0 aliphatic rings. The van der Waals surface area contributed by atoms with Crippen molar-refractivity contribution in [3.8, 4) is 0 Å². The molecule has 0 aromatic heterocycles. The molecule has 4 nitrogen and oxygen atoms in total. The zero-order valence-corrected chi connectivity index (χ0v) is 11.3. The Balaban J connectivity index is 2.62. The number of ether oxygens (including phenoxy) is 1. The maximum Gasteiger partial charge on any atom is 0.331 e. The Bertz CT molecular complexity index is 478. The molecule has 0 saturated carbocycles. The quantitative estimate of drug-likeness (QED) is 0.669. The minimum atomic E-state index is -0.864. The van der Waals surface area contributed by atoms with Crippen LogP contribution in [0.5, 0.6) is 0 Å². The number of carboxylic acid groups (broad SMARTS) is 1. The second kappa shape index (κ2) is 6.18. The van der Waals surface area contributed by atoms with Gasteiger partial charge in [0.25, 0.3) is 0 Å². The first-order valence-corrected chi connectivity index (χ1v) is 5.98. The lowest BCUT2D eigenvalue weighted by atomic mass is 10.1. The Morgan fingerprint density at radius 1 is 1.21 bits per heavy atom. The molecule has 0 radical (unpaired) electrons. The van der Waals surface area contributed by atoms with E-state index in [0.29, 0.717) is 0 Å². The molecule has 0 aliphatic heterocycles. The summed E-state index contributed by atoms with van der Waals surface area (Å²) in [5.74, 6) is -1.26. The topological polar surface area (TPSA) is 63.6 Å². The van der Waals surface area contributed by atoms with Gasteiger partial charge in [0.1, 0.15) is 5.60 Å². The zero-order chi connectivity index (χ0) is 14.5. The van der Waals surface area contributed by atoms with Crippen molar-refractivity contribution < 1.29 is 19.4 Å². The highest BCUT2D eigenvalue weighted by atomic mass is 16.6. The van der Waals surface area contributed by atoms with Crippen LogP contribution in [0.1, 0.15) is 31.9 Å². The predicted molar refractivity (Wildman–Crippen MR) is 72.7 cm³/mol. The van der Waals surface area contributed by atoms with Crippen LogP contribution >= 0.6 is 0 Å². The summed E-state index contributed by atoms with van der Waals surface area (Å²) in [7, 11) is 0. The van der Waals surface area contributed by atoms with Crippen LogP contribution in [0, 0.1) is 0 Å². The zero-order valence-electron chi connectivity index (χ0n) is 11.3. The Labute approximate surface area is 112 Å². The minimum absolute atomic E-state index is 0.00391. The van der Waals surface area contributed by atoms with Gasteiger partial charge in [-0.15, -0.1) is 0 Å². The largest absolute Gasteiger partial charge is 0.481 e. The van der Waals surface area contributed by atoms with E-state index >= 15 is 0 Å². The lowest BCUT2D eigenvalue weighted by molar-refractivity contribution is -0.148. The van der Waals surface area contributed by atoms with Crippen molar-refractivity contribution in [2.24, 2.45) is 0 Å². The third-order valence-electron chi connectivity index (χ3n) is 2.15. The molecule has 0 fully saturated rings. The Morgan fingerprint density at radius 3 is 2.26 bits per heavy atom. The van der Waals surface area contributed by atoms with E-state index < -0.39 is 17.5 Å². The summed E-state index contributed by atoms with van der Waals surface area (Å²) in [6, 6.07) is 6.98. The normalized spacial score (nSPS) is 11.5. The predicted octanol–water partition coefficient (Wildman–Crippen LogP) is 2.67. The van der Waals surface area contributed by atoms with Gasteiger partial charge in [0.2, 0.25) is 0 Å². The molecule has 0 atom stereocenters. The summed E-state index contributed by atoms with van der Waals surface area (Å²) < 4.78 is 5.13. The molecule has 1 rings (SSSR count). The number of hydrogen-bond donors (Lipinski definition) is 1. The lowest BCUT2D eigenvalue weighted by Crippen LogP contribution is -2.22. The number of esters is 1. The van der Waals surface area contributed by atoms with E-state index in [1.54, 1.807) is 51.1 Å². The summed E-state index contributed by atoms with van der Waals surface area (Å²) in [4.78, 5) is 22.0. The van der Waals surface area contributed by atoms with Crippen LogP contribution in [-0.2, 0) is 20.7 Å². The van der Waals surface area contributed by atoms with E-state index in [4.69, 9.17) is 9.84 Å². The molecule has 1 aromatic carbocycles. The standard InChI is InChI=1S/C15H18O4/c1-15(2,3)19-14(18)9-8-11-4-6-12(7-5-11)10-13(16)17/h4-9H,10H2,1-3H3,(H,16,17). The van der Waals surface area contributed by atoms with Gasteiger partial charge >= 0.3 is 11.9 Å². The first kappa shape index (κ1) is 15.0. The SMILES string of the molecule is CC(C)(C)OC(=O)C=Cc1ccc(CC(=O)O)cc1. The van der Waals surface area contributed by atoms with Crippen molar-refractivity contribution >= 4 is 18.0 Å². The Kier molecular flexibility index (Phi) is 4.87. The van der Waals surface area contributed by atoms with E-state index in [2.05, 4.69) is 0 Å². The van der Waals surface area contributed by atoms with Gasteiger partial charge < -0.3 is 9.84 Å². The van der Waals surface area contributed by atoms with Crippen molar-refractivity contribution in [2.75, 3.05) is 0 Å². The number of carboxylic acids is 1. The molecule has 1 N–H and O–H groups in total. The number of hydrogen-bond acceptors (Lipinski definition) is 3. The molecule has 0 aliphatic carbocycles.